The third-order valence-corrected chi connectivity index (χ3v) is 0.585. The Morgan fingerprint density at radius 1 is 1.57 bits per heavy atom. The van der Waals surface area contributed by atoms with E-state index in [9.17, 15) is 0 Å². The predicted octanol–water partition coefficient (Wildman–Crippen LogP) is 0.0587. The van der Waals surface area contributed by atoms with E-state index in [2.05, 4.69) is 5.92 Å². The van der Waals surface area contributed by atoms with Crippen molar-refractivity contribution in [3.63, 3.8) is 0 Å². The Hall–Kier alpha value is -0.680. The van der Waals surface area contributed by atoms with Gasteiger partial charge in [-0.3, -0.25) is 0 Å². The number of nitrogens with two attached hydrogens (primary N) is 1. The lowest BCUT2D eigenvalue weighted by molar-refractivity contribution is 0.516. The van der Waals surface area contributed by atoms with Crippen molar-refractivity contribution in [1.29, 1.82) is 0 Å². The monoisotopic (exact) mass is 99.1 g/mol. The van der Waals surface area contributed by atoms with Gasteiger partial charge < -0.3 is 10.8 Å². The standard InChI is InChI=1S/C5H9NO/c6-4-2-1-3-5-7/h7H,1-2,4,6H2. The zero-order valence-electron chi connectivity index (χ0n) is 4.15. The summed E-state index contributed by atoms with van der Waals surface area (Å²) in [6, 6.07) is 0. The van der Waals surface area contributed by atoms with E-state index in [1.54, 1.807) is 6.11 Å². The maximum Gasteiger partial charge on any atom is 0.107 e. The lowest BCUT2D eigenvalue weighted by atomic mass is 10.3. The van der Waals surface area contributed by atoms with Gasteiger partial charge in [0.2, 0.25) is 0 Å². The molecule has 0 bridgehead atoms. The zero-order chi connectivity index (χ0) is 5.54. The molecule has 0 saturated heterocycles. The van der Waals surface area contributed by atoms with Crippen LogP contribution in [0.3, 0.4) is 0 Å². The molecule has 0 amide bonds. The van der Waals surface area contributed by atoms with E-state index < -0.39 is 0 Å². The Balaban J connectivity index is 2.78. The van der Waals surface area contributed by atoms with Crippen molar-refractivity contribution in [3.8, 4) is 12.0 Å². The van der Waals surface area contributed by atoms with Crippen molar-refractivity contribution in [2.75, 3.05) is 6.54 Å². The summed E-state index contributed by atoms with van der Waals surface area (Å²) < 4.78 is 0. The van der Waals surface area contributed by atoms with E-state index in [4.69, 9.17) is 10.8 Å². The van der Waals surface area contributed by atoms with Crippen LogP contribution in [-0.2, 0) is 0 Å². The average molecular weight is 99.1 g/mol. The molecule has 2 nitrogen and oxygen atoms in total. The number of aliphatic hydroxyl groups is 1. The van der Waals surface area contributed by atoms with E-state index in [-0.39, 0.29) is 0 Å². The summed E-state index contributed by atoms with van der Waals surface area (Å²) >= 11 is 0. The van der Waals surface area contributed by atoms with Gasteiger partial charge in [0.1, 0.15) is 6.11 Å². The first-order chi connectivity index (χ1) is 3.41. The minimum absolute atomic E-state index is 0.648. The first kappa shape index (κ1) is 6.32. The number of hydrogen-bond acceptors (Lipinski definition) is 2. The lowest BCUT2D eigenvalue weighted by Gasteiger charge is -1.80. The van der Waals surface area contributed by atoms with Gasteiger partial charge in [-0.25, -0.2) is 0 Å². The number of hydrogen-bond donors (Lipinski definition) is 2. The normalized spacial score (nSPS) is 7.00. The first-order valence-corrected chi connectivity index (χ1v) is 2.24. The highest BCUT2D eigenvalue weighted by Gasteiger charge is 1.73. The molecule has 0 aromatic heterocycles. The van der Waals surface area contributed by atoms with Crippen molar-refractivity contribution in [2.24, 2.45) is 5.73 Å². The summed E-state index contributed by atoms with van der Waals surface area (Å²) in [4.78, 5) is 0. The van der Waals surface area contributed by atoms with Gasteiger partial charge in [0.15, 0.2) is 0 Å². The molecular weight excluding hydrogens is 90.1 g/mol. The summed E-state index contributed by atoms with van der Waals surface area (Å²) in [6.45, 7) is 0.648. The van der Waals surface area contributed by atoms with Crippen LogP contribution in [0.4, 0.5) is 0 Å². The van der Waals surface area contributed by atoms with Gasteiger partial charge in [-0.05, 0) is 13.0 Å². The molecule has 0 aliphatic carbocycles. The Bertz CT molecular complexity index is 79.8. The summed E-state index contributed by atoms with van der Waals surface area (Å²) in [5, 5.41) is 7.89. The second kappa shape index (κ2) is 5.32. The van der Waals surface area contributed by atoms with Gasteiger partial charge in [0.25, 0.3) is 0 Å². The van der Waals surface area contributed by atoms with Crippen LogP contribution in [0.25, 0.3) is 0 Å². The fraction of sp³-hybridized carbons (Fsp3) is 0.600. The van der Waals surface area contributed by atoms with Gasteiger partial charge >= 0.3 is 0 Å². The van der Waals surface area contributed by atoms with Crippen molar-refractivity contribution in [1.82, 2.24) is 0 Å². The fourth-order valence-electron chi connectivity index (χ4n) is 0.246. The van der Waals surface area contributed by atoms with Crippen LogP contribution in [-0.4, -0.2) is 11.7 Å². The van der Waals surface area contributed by atoms with Crippen LogP contribution in [0.15, 0.2) is 0 Å². The summed E-state index contributed by atoms with van der Waals surface area (Å²) in [6.07, 6.45) is 3.37. The zero-order valence-corrected chi connectivity index (χ0v) is 4.15. The van der Waals surface area contributed by atoms with Crippen molar-refractivity contribution < 1.29 is 5.11 Å². The molecule has 0 fully saturated rings. The van der Waals surface area contributed by atoms with Gasteiger partial charge in [0.05, 0.1) is 0 Å². The molecule has 7 heavy (non-hydrogen) atoms. The highest BCUT2D eigenvalue weighted by Crippen LogP contribution is 1.78. The van der Waals surface area contributed by atoms with Crippen LogP contribution < -0.4 is 5.73 Å². The number of unbranched alkanes of at least 4 members (excludes halogenated alkanes) is 1. The van der Waals surface area contributed by atoms with Gasteiger partial charge in [0, 0.05) is 6.42 Å². The third-order valence-electron chi connectivity index (χ3n) is 0.585. The number of rotatable bonds is 2. The summed E-state index contributed by atoms with van der Waals surface area (Å²) in [5.41, 5.74) is 5.12. The molecule has 40 valence electrons. The molecule has 0 radical (unpaired) electrons. The average Bonchev–Trinajstić information content (AvgIpc) is 1.69. The van der Waals surface area contributed by atoms with Gasteiger partial charge in [-0.15, -0.1) is 0 Å². The van der Waals surface area contributed by atoms with Crippen LogP contribution in [0.1, 0.15) is 12.8 Å². The Kier molecular flexibility index (Phi) is 4.80. The molecule has 0 aromatic carbocycles. The molecule has 0 heterocycles. The number of aliphatic hydroxyl groups excluding tert-OH is 1. The van der Waals surface area contributed by atoms with E-state index in [0.717, 1.165) is 6.42 Å². The van der Waals surface area contributed by atoms with Crippen LogP contribution in [0, 0.1) is 12.0 Å². The molecule has 0 saturated carbocycles. The molecule has 0 unspecified atom stereocenters. The highest BCUT2D eigenvalue weighted by molar-refractivity contribution is 4.88. The predicted molar refractivity (Wildman–Crippen MR) is 28.0 cm³/mol. The maximum absolute atomic E-state index is 7.89. The fourth-order valence-corrected chi connectivity index (χ4v) is 0.246. The molecule has 3 N–H and O–H groups in total. The molecule has 0 rings (SSSR count). The smallest absolute Gasteiger partial charge is 0.107 e. The van der Waals surface area contributed by atoms with Crippen molar-refractivity contribution in [3.05, 3.63) is 0 Å². The molecule has 0 atom stereocenters. The van der Waals surface area contributed by atoms with Crippen molar-refractivity contribution in [2.45, 2.75) is 12.8 Å². The molecule has 0 aliphatic heterocycles. The SMILES string of the molecule is NCCCC#CO. The second-order valence-corrected chi connectivity index (χ2v) is 1.18. The Labute approximate surface area is 43.3 Å². The topological polar surface area (TPSA) is 46.2 Å². The summed E-state index contributed by atoms with van der Waals surface area (Å²) in [5.74, 6) is 2.47. The Morgan fingerprint density at radius 3 is 2.71 bits per heavy atom. The van der Waals surface area contributed by atoms with Crippen LogP contribution in [0.5, 0.6) is 0 Å². The largest absolute Gasteiger partial charge is 0.462 e. The van der Waals surface area contributed by atoms with Crippen LogP contribution in [0.2, 0.25) is 0 Å². The minimum Gasteiger partial charge on any atom is -0.462 e. The molecule has 0 aliphatic rings. The quantitative estimate of drug-likeness (QED) is 0.380. The van der Waals surface area contributed by atoms with Gasteiger partial charge in [-0.1, -0.05) is 5.92 Å². The summed E-state index contributed by atoms with van der Waals surface area (Å²) in [7, 11) is 0. The molecular formula is C5H9NO. The minimum atomic E-state index is 0.648. The maximum atomic E-state index is 7.89. The lowest BCUT2D eigenvalue weighted by Crippen LogP contribution is -1.96. The molecule has 0 spiro atoms. The van der Waals surface area contributed by atoms with E-state index in [0.29, 0.717) is 13.0 Å². The first-order valence-electron chi connectivity index (χ1n) is 2.24. The highest BCUT2D eigenvalue weighted by atomic mass is 16.2. The second-order valence-electron chi connectivity index (χ2n) is 1.18. The van der Waals surface area contributed by atoms with Gasteiger partial charge in [-0.2, -0.15) is 0 Å². The van der Waals surface area contributed by atoms with E-state index in [1.807, 2.05) is 0 Å². The van der Waals surface area contributed by atoms with Crippen LogP contribution >= 0.6 is 0 Å². The van der Waals surface area contributed by atoms with E-state index >= 15 is 0 Å². The molecule has 0 aromatic rings. The van der Waals surface area contributed by atoms with Crippen molar-refractivity contribution >= 4 is 0 Å². The third kappa shape index (κ3) is 5.32. The molecule has 2 heteroatoms. The Morgan fingerprint density at radius 2 is 2.29 bits per heavy atom. The van der Waals surface area contributed by atoms with E-state index in [1.165, 1.54) is 0 Å².